The minimum absolute atomic E-state index is 0.126. The molecule has 214 valence electrons. The number of aliphatic hydroxyl groups is 1. The summed E-state index contributed by atoms with van der Waals surface area (Å²) in [4.78, 5) is 45.3. The minimum atomic E-state index is -1.05. The van der Waals surface area contributed by atoms with Gasteiger partial charge in [-0.1, -0.05) is 37.3 Å². The zero-order chi connectivity index (χ0) is 29.3. The van der Waals surface area contributed by atoms with Gasteiger partial charge >= 0.3 is 11.9 Å². The monoisotopic (exact) mass is 578 g/mol. The second-order valence-electron chi connectivity index (χ2n) is 10.0. The molecule has 0 aliphatic carbocycles. The van der Waals surface area contributed by atoms with Crippen molar-refractivity contribution in [3.8, 4) is 17.2 Å². The van der Waals surface area contributed by atoms with Gasteiger partial charge in [0.2, 0.25) is 0 Å². The molecule has 1 amide bonds. The lowest BCUT2D eigenvalue weighted by Crippen LogP contribution is -2.29. The molecule has 0 spiro atoms. The maximum absolute atomic E-state index is 13.6. The number of nitrogens with zero attached hydrogens (tertiary/aromatic N) is 2. The standard InChI is InChI=1S/C30H30N2O8S/c1-16(2)10-11-38-20-7-5-6-18(14-20)24-23(25(33)19-8-9-21-22(15-19)40-13-12-39-21)26(34)28(35)32(24)30-31-17(3)27(41-30)29(36)37-4/h5-9,14-16,24,33H,10-13H2,1-4H3/b25-23+/t24-/m0/s1. The number of aromatic nitrogens is 1. The molecule has 1 aromatic heterocycles. The van der Waals surface area contributed by atoms with E-state index >= 15 is 0 Å². The highest BCUT2D eigenvalue weighted by atomic mass is 32.1. The topological polar surface area (TPSA) is 124 Å². The van der Waals surface area contributed by atoms with Gasteiger partial charge in [-0.05, 0) is 55.2 Å². The van der Waals surface area contributed by atoms with Crippen molar-refractivity contribution in [2.45, 2.75) is 33.2 Å². The van der Waals surface area contributed by atoms with Crippen molar-refractivity contribution in [3.05, 3.63) is 69.7 Å². The fourth-order valence-electron chi connectivity index (χ4n) is 4.65. The zero-order valence-electron chi connectivity index (χ0n) is 23.1. The van der Waals surface area contributed by atoms with Gasteiger partial charge in [0.1, 0.15) is 29.6 Å². The SMILES string of the molecule is COC(=O)c1sc(N2C(=O)C(=O)/C(=C(/O)c3ccc4c(c3)OCCO4)[C@@H]2c2cccc(OCCC(C)C)c2)nc1C. The number of ether oxygens (including phenoxy) is 4. The van der Waals surface area contributed by atoms with E-state index in [2.05, 4.69) is 18.8 Å². The van der Waals surface area contributed by atoms with Crippen LogP contribution >= 0.6 is 11.3 Å². The number of benzene rings is 2. The van der Waals surface area contributed by atoms with Gasteiger partial charge in [0.25, 0.3) is 5.78 Å². The van der Waals surface area contributed by atoms with E-state index in [1.165, 1.54) is 12.0 Å². The van der Waals surface area contributed by atoms with Crippen molar-refractivity contribution in [2.24, 2.45) is 5.92 Å². The van der Waals surface area contributed by atoms with Crippen molar-refractivity contribution in [3.63, 3.8) is 0 Å². The normalized spacial score (nSPS) is 17.7. The summed E-state index contributed by atoms with van der Waals surface area (Å²) < 4.78 is 22.0. The number of esters is 1. The molecule has 1 saturated heterocycles. The van der Waals surface area contributed by atoms with Gasteiger partial charge in [-0.25, -0.2) is 9.78 Å². The number of aliphatic hydroxyl groups excluding tert-OH is 1. The largest absolute Gasteiger partial charge is 0.507 e. The van der Waals surface area contributed by atoms with Gasteiger partial charge < -0.3 is 24.1 Å². The molecule has 10 nitrogen and oxygen atoms in total. The van der Waals surface area contributed by atoms with Crippen LogP contribution in [0.4, 0.5) is 5.13 Å². The summed E-state index contributed by atoms with van der Waals surface area (Å²) in [5.74, 6) is -0.801. The van der Waals surface area contributed by atoms with Crippen LogP contribution in [0.1, 0.15) is 52.8 Å². The molecule has 3 aromatic rings. The Balaban J connectivity index is 1.64. The lowest BCUT2D eigenvalue weighted by molar-refractivity contribution is -0.132. The first-order valence-electron chi connectivity index (χ1n) is 13.2. The number of carbonyl (C=O) groups excluding carboxylic acids is 3. The van der Waals surface area contributed by atoms with Crippen LogP contribution in [0.5, 0.6) is 17.2 Å². The lowest BCUT2D eigenvalue weighted by atomic mass is 9.95. The van der Waals surface area contributed by atoms with E-state index in [1.54, 1.807) is 49.4 Å². The molecule has 0 bridgehead atoms. The number of hydrogen-bond donors (Lipinski definition) is 1. The van der Waals surface area contributed by atoms with Crippen molar-refractivity contribution in [2.75, 3.05) is 31.8 Å². The fourth-order valence-corrected chi connectivity index (χ4v) is 5.66. The molecule has 0 unspecified atom stereocenters. The van der Waals surface area contributed by atoms with Crippen LogP contribution in [-0.4, -0.2) is 54.7 Å². The average molecular weight is 579 g/mol. The Bertz CT molecular complexity index is 1540. The second-order valence-corrected chi connectivity index (χ2v) is 11.0. The molecule has 2 aliphatic heterocycles. The molecule has 41 heavy (non-hydrogen) atoms. The van der Waals surface area contributed by atoms with E-state index in [-0.39, 0.29) is 26.9 Å². The van der Waals surface area contributed by atoms with Crippen molar-refractivity contribution < 1.29 is 38.4 Å². The Morgan fingerprint density at radius 1 is 1.15 bits per heavy atom. The third kappa shape index (κ3) is 5.49. The molecule has 11 heteroatoms. The summed E-state index contributed by atoms with van der Waals surface area (Å²) in [6.45, 7) is 7.06. The molecule has 1 N–H and O–H groups in total. The van der Waals surface area contributed by atoms with Gasteiger partial charge in [-0.3, -0.25) is 14.5 Å². The number of thiazole rings is 1. The maximum Gasteiger partial charge on any atom is 0.350 e. The number of anilines is 1. The van der Waals surface area contributed by atoms with Crippen LogP contribution in [0.3, 0.4) is 0 Å². The Hall–Kier alpha value is -4.38. The number of Topliss-reactive ketones (excluding diaryl/α,β-unsaturated/α-hetero) is 1. The molecule has 2 aromatic carbocycles. The highest BCUT2D eigenvalue weighted by Gasteiger charge is 2.48. The molecule has 3 heterocycles. The highest BCUT2D eigenvalue weighted by Crippen LogP contribution is 2.45. The third-order valence-corrected chi connectivity index (χ3v) is 7.90. The van der Waals surface area contributed by atoms with E-state index in [1.807, 2.05) is 0 Å². The summed E-state index contributed by atoms with van der Waals surface area (Å²) in [5.41, 5.74) is 1.04. The number of fused-ring (bicyclic) bond motifs is 1. The molecule has 1 fully saturated rings. The van der Waals surface area contributed by atoms with Gasteiger partial charge in [0.15, 0.2) is 16.6 Å². The van der Waals surface area contributed by atoms with Crippen LogP contribution in [0.25, 0.3) is 5.76 Å². The van der Waals surface area contributed by atoms with E-state index in [4.69, 9.17) is 18.9 Å². The summed E-state index contributed by atoms with van der Waals surface area (Å²) in [7, 11) is 1.26. The van der Waals surface area contributed by atoms with E-state index in [0.717, 1.165) is 17.8 Å². The summed E-state index contributed by atoms with van der Waals surface area (Å²) >= 11 is 0.938. The number of methoxy groups -OCH3 is 1. The summed E-state index contributed by atoms with van der Waals surface area (Å²) in [6, 6.07) is 10.8. The Morgan fingerprint density at radius 3 is 2.63 bits per heavy atom. The number of aryl methyl sites for hydroxylation is 1. The molecule has 5 rings (SSSR count). The predicted octanol–water partition coefficient (Wildman–Crippen LogP) is 5.06. The number of rotatable bonds is 8. The lowest BCUT2D eigenvalue weighted by Gasteiger charge is -2.24. The number of hydrogen-bond acceptors (Lipinski definition) is 10. The predicted molar refractivity (Wildman–Crippen MR) is 152 cm³/mol. The maximum atomic E-state index is 13.6. The van der Waals surface area contributed by atoms with Crippen molar-refractivity contribution >= 4 is 39.9 Å². The number of ketones is 1. The fraction of sp³-hybridized carbons (Fsp3) is 0.333. The van der Waals surface area contributed by atoms with E-state index in [0.29, 0.717) is 54.2 Å². The van der Waals surface area contributed by atoms with Crippen LogP contribution in [-0.2, 0) is 14.3 Å². The average Bonchev–Trinajstić information content (AvgIpc) is 3.48. The summed E-state index contributed by atoms with van der Waals surface area (Å²) in [6.07, 6.45) is 0.849. The van der Waals surface area contributed by atoms with Crippen molar-refractivity contribution in [1.82, 2.24) is 4.98 Å². The first-order chi connectivity index (χ1) is 19.7. The molecular weight excluding hydrogens is 548 g/mol. The van der Waals surface area contributed by atoms with E-state index in [9.17, 15) is 19.5 Å². The summed E-state index contributed by atoms with van der Waals surface area (Å²) in [5, 5.41) is 11.7. The highest BCUT2D eigenvalue weighted by molar-refractivity contribution is 7.17. The Morgan fingerprint density at radius 2 is 1.90 bits per heavy atom. The zero-order valence-corrected chi connectivity index (χ0v) is 23.9. The van der Waals surface area contributed by atoms with Crippen LogP contribution in [0, 0.1) is 12.8 Å². The van der Waals surface area contributed by atoms with Gasteiger partial charge in [-0.15, -0.1) is 0 Å². The van der Waals surface area contributed by atoms with Crippen molar-refractivity contribution in [1.29, 1.82) is 0 Å². The molecule has 2 aliphatic rings. The quantitative estimate of drug-likeness (QED) is 0.169. The van der Waals surface area contributed by atoms with Gasteiger partial charge in [-0.2, -0.15) is 0 Å². The smallest absolute Gasteiger partial charge is 0.350 e. The van der Waals surface area contributed by atoms with Crippen LogP contribution in [0.15, 0.2) is 48.0 Å². The molecule has 0 saturated carbocycles. The molecular formula is C30H30N2O8S. The third-order valence-electron chi connectivity index (χ3n) is 6.76. The second kappa shape index (κ2) is 11.6. The first-order valence-corrected chi connectivity index (χ1v) is 14.0. The minimum Gasteiger partial charge on any atom is -0.507 e. The van der Waals surface area contributed by atoms with Crippen LogP contribution < -0.4 is 19.1 Å². The van der Waals surface area contributed by atoms with Gasteiger partial charge in [0.05, 0.1) is 31.0 Å². The molecule has 0 radical (unpaired) electrons. The number of carbonyl (C=O) groups is 3. The first kappa shape index (κ1) is 28.2. The molecule has 1 atom stereocenters. The van der Waals surface area contributed by atoms with E-state index < -0.39 is 23.7 Å². The Kier molecular flexibility index (Phi) is 7.98. The Labute approximate surface area is 241 Å². The number of amides is 1. The van der Waals surface area contributed by atoms with Crippen LogP contribution in [0.2, 0.25) is 0 Å². The van der Waals surface area contributed by atoms with Gasteiger partial charge in [0, 0.05) is 5.56 Å².